The van der Waals surface area contributed by atoms with Crippen molar-refractivity contribution in [1.82, 2.24) is 9.80 Å². The van der Waals surface area contributed by atoms with Crippen LogP contribution in [-0.2, 0) is 14.4 Å². The van der Waals surface area contributed by atoms with Crippen LogP contribution in [0.2, 0.25) is 0 Å². The van der Waals surface area contributed by atoms with Gasteiger partial charge in [0.05, 0.1) is 25.3 Å². The van der Waals surface area contributed by atoms with Gasteiger partial charge in [0.1, 0.15) is 17.5 Å². The lowest BCUT2D eigenvalue weighted by molar-refractivity contribution is -0.124. The van der Waals surface area contributed by atoms with Crippen LogP contribution in [0.15, 0.2) is 48.5 Å². The Morgan fingerprint density at radius 1 is 0.951 bits per heavy atom. The number of carbonyl (C=O) groups is 3. The maximum atomic E-state index is 13.7. The highest BCUT2D eigenvalue weighted by molar-refractivity contribution is 7.80. The Labute approximate surface area is 246 Å². The summed E-state index contributed by atoms with van der Waals surface area (Å²) in [5.41, 5.74) is 6.73. The molecule has 3 amide bonds. The predicted octanol–water partition coefficient (Wildman–Crippen LogP) is 3.40. The molecule has 220 valence electrons. The van der Waals surface area contributed by atoms with Crippen LogP contribution in [0.3, 0.4) is 0 Å². The van der Waals surface area contributed by atoms with Gasteiger partial charge in [0.15, 0.2) is 5.11 Å². The summed E-state index contributed by atoms with van der Waals surface area (Å²) in [4.78, 5) is 44.0. The van der Waals surface area contributed by atoms with Gasteiger partial charge in [0.2, 0.25) is 11.8 Å². The van der Waals surface area contributed by atoms with Gasteiger partial charge in [-0.05, 0) is 113 Å². The minimum atomic E-state index is -0.725. The highest BCUT2D eigenvalue weighted by Crippen LogP contribution is 2.29. The molecule has 0 aliphatic carbocycles. The fraction of sp³-hybridized carbons (Fsp3) is 0.467. The third-order valence-electron chi connectivity index (χ3n) is 7.42. The quantitative estimate of drug-likeness (QED) is 0.346. The summed E-state index contributed by atoms with van der Waals surface area (Å²) >= 11 is 5.81. The molecule has 2 fully saturated rings. The summed E-state index contributed by atoms with van der Waals surface area (Å²) in [7, 11) is 0. The number of nitrogens with zero attached hydrogens (tertiary/aromatic N) is 3. The molecule has 0 aromatic heterocycles. The first-order valence-electron chi connectivity index (χ1n) is 14.2. The van der Waals surface area contributed by atoms with E-state index < -0.39 is 6.04 Å². The molecule has 41 heavy (non-hydrogen) atoms. The first-order valence-corrected chi connectivity index (χ1v) is 14.6. The topological polar surface area (TPSA) is 117 Å². The lowest BCUT2D eigenvalue weighted by Crippen LogP contribution is -2.41. The number of rotatable bonds is 13. The number of piperidine rings is 1. The minimum absolute atomic E-state index is 0.0380. The minimum Gasteiger partial charge on any atom is -0.494 e. The third-order valence-corrected chi connectivity index (χ3v) is 7.83. The van der Waals surface area contributed by atoms with E-state index >= 15 is 0 Å². The van der Waals surface area contributed by atoms with Gasteiger partial charge in [-0.25, -0.2) is 0 Å². The predicted molar refractivity (Wildman–Crippen MR) is 162 cm³/mol. The molecule has 10 nitrogen and oxygen atoms in total. The van der Waals surface area contributed by atoms with Crippen LogP contribution in [0, 0.1) is 5.92 Å². The van der Waals surface area contributed by atoms with Crippen LogP contribution in [0.5, 0.6) is 11.5 Å². The summed E-state index contributed by atoms with van der Waals surface area (Å²) in [5, 5.41) is 3.27. The number of benzene rings is 2. The van der Waals surface area contributed by atoms with E-state index in [1.807, 2.05) is 18.7 Å². The molecular formula is C30H39N5O5S. The number of ether oxygens (including phenoxy) is 2. The zero-order chi connectivity index (χ0) is 29.4. The molecule has 2 aromatic rings. The standard InChI is InChI=1S/C30H39N5O5S/c1-3-39-24-10-6-22(7-11-24)32-27(36)20-26-29(38)35(23-8-12-25(13-9-23)40-4-2)30(41)34(26)17-5-16-33-18-14-21(15-19-33)28(31)37/h6-13,21,26H,3-5,14-20H2,1-2H3,(H2,31,37)(H,32,36). The number of nitrogens with one attached hydrogen (secondary N) is 1. The number of likely N-dealkylation sites (tertiary alicyclic amines) is 1. The fourth-order valence-corrected chi connectivity index (χ4v) is 5.69. The molecule has 2 aliphatic rings. The van der Waals surface area contributed by atoms with E-state index in [-0.39, 0.29) is 30.1 Å². The summed E-state index contributed by atoms with van der Waals surface area (Å²) in [6.07, 6.45) is 2.23. The Kier molecular flexibility index (Phi) is 10.5. The number of hydrogen-bond acceptors (Lipinski definition) is 7. The summed E-state index contributed by atoms with van der Waals surface area (Å²) in [6.45, 7) is 7.86. The van der Waals surface area contributed by atoms with Gasteiger partial charge in [-0.2, -0.15) is 0 Å². The highest BCUT2D eigenvalue weighted by atomic mass is 32.1. The van der Waals surface area contributed by atoms with E-state index in [4.69, 9.17) is 27.4 Å². The van der Waals surface area contributed by atoms with Crippen molar-refractivity contribution in [2.45, 2.75) is 45.6 Å². The van der Waals surface area contributed by atoms with Crippen molar-refractivity contribution in [3.05, 3.63) is 48.5 Å². The third kappa shape index (κ3) is 7.74. The van der Waals surface area contributed by atoms with Crippen molar-refractivity contribution in [2.75, 3.05) is 49.6 Å². The average molecular weight is 582 g/mol. The number of thiocarbonyl (C=S) groups is 1. The normalized spacial score (nSPS) is 18.0. The Hall–Kier alpha value is -3.70. The molecule has 2 heterocycles. The van der Waals surface area contributed by atoms with E-state index in [0.29, 0.717) is 42.0 Å². The Balaban J connectivity index is 1.44. The maximum absolute atomic E-state index is 13.7. The lowest BCUT2D eigenvalue weighted by Gasteiger charge is -2.31. The molecule has 1 atom stereocenters. The van der Waals surface area contributed by atoms with Crippen molar-refractivity contribution in [3.63, 3.8) is 0 Å². The second kappa shape index (κ2) is 14.3. The van der Waals surface area contributed by atoms with Crippen molar-refractivity contribution in [2.24, 2.45) is 11.7 Å². The molecule has 2 aliphatic heterocycles. The second-order valence-electron chi connectivity index (χ2n) is 10.2. The van der Waals surface area contributed by atoms with Gasteiger partial charge < -0.3 is 30.3 Å². The molecule has 3 N–H and O–H groups in total. The van der Waals surface area contributed by atoms with Crippen LogP contribution in [0.4, 0.5) is 11.4 Å². The van der Waals surface area contributed by atoms with E-state index in [0.717, 1.165) is 44.6 Å². The zero-order valence-corrected chi connectivity index (χ0v) is 24.5. The number of carbonyl (C=O) groups excluding carboxylic acids is 3. The molecule has 0 spiro atoms. The van der Waals surface area contributed by atoms with E-state index in [2.05, 4.69) is 10.2 Å². The van der Waals surface area contributed by atoms with Crippen molar-refractivity contribution in [1.29, 1.82) is 0 Å². The second-order valence-corrected chi connectivity index (χ2v) is 10.5. The zero-order valence-electron chi connectivity index (χ0n) is 23.7. The first-order chi connectivity index (χ1) is 19.8. The molecule has 2 saturated heterocycles. The highest BCUT2D eigenvalue weighted by Gasteiger charge is 2.44. The van der Waals surface area contributed by atoms with E-state index in [1.54, 1.807) is 48.5 Å². The Morgan fingerprint density at radius 3 is 2.10 bits per heavy atom. The summed E-state index contributed by atoms with van der Waals surface area (Å²) in [6, 6.07) is 13.6. The summed E-state index contributed by atoms with van der Waals surface area (Å²) in [5.74, 6) is 0.628. The Bertz CT molecular complexity index is 1210. The van der Waals surface area contributed by atoms with Crippen molar-refractivity contribution >= 4 is 46.4 Å². The van der Waals surface area contributed by atoms with Crippen LogP contribution in [-0.4, -0.2) is 78.1 Å². The van der Waals surface area contributed by atoms with Gasteiger partial charge >= 0.3 is 0 Å². The van der Waals surface area contributed by atoms with Crippen LogP contribution in [0.25, 0.3) is 0 Å². The molecule has 0 bridgehead atoms. The van der Waals surface area contributed by atoms with Crippen molar-refractivity contribution in [3.8, 4) is 11.5 Å². The molecule has 0 saturated carbocycles. The fourth-order valence-electron chi connectivity index (χ4n) is 5.28. The number of primary amides is 1. The molecule has 2 aromatic carbocycles. The van der Waals surface area contributed by atoms with Gasteiger partial charge in [-0.15, -0.1) is 0 Å². The monoisotopic (exact) mass is 581 g/mol. The smallest absolute Gasteiger partial charge is 0.256 e. The van der Waals surface area contributed by atoms with Crippen LogP contribution >= 0.6 is 12.2 Å². The number of amides is 3. The summed E-state index contributed by atoms with van der Waals surface area (Å²) < 4.78 is 11.0. The average Bonchev–Trinajstić information content (AvgIpc) is 3.19. The molecular weight excluding hydrogens is 542 g/mol. The Morgan fingerprint density at radius 2 is 1.54 bits per heavy atom. The number of anilines is 2. The van der Waals surface area contributed by atoms with E-state index in [1.165, 1.54) is 4.90 Å². The van der Waals surface area contributed by atoms with Crippen LogP contribution in [0.1, 0.15) is 39.5 Å². The molecule has 4 rings (SSSR count). The number of hydrogen-bond donors (Lipinski definition) is 2. The van der Waals surface area contributed by atoms with Gasteiger partial charge in [-0.1, -0.05) is 0 Å². The lowest BCUT2D eigenvalue weighted by atomic mass is 9.96. The SMILES string of the molecule is CCOc1ccc(NC(=O)CC2C(=O)N(c3ccc(OCC)cc3)C(=S)N2CCCN2CCC(C(N)=O)CC2)cc1. The van der Waals surface area contributed by atoms with Gasteiger partial charge in [-0.3, -0.25) is 19.3 Å². The number of nitrogens with two attached hydrogens (primary N) is 1. The van der Waals surface area contributed by atoms with Crippen molar-refractivity contribution < 1.29 is 23.9 Å². The largest absolute Gasteiger partial charge is 0.494 e. The molecule has 11 heteroatoms. The maximum Gasteiger partial charge on any atom is 0.256 e. The van der Waals surface area contributed by atoms with E-state index in [9.17, 15) is 14.4 Å². The molecule has 1 unspecified atom stereocenters. The van der Waals surface area contributed by atoms with Gasteiger partial charge in [0, 0.05) is 18.2 Å². The molecule has 0 radical (unpaired) electrons. The van der Waals surface area contributed by atoms with Crippen LogP contribution < -0.4 is 25.4 Å². The van der Waals surface area contributed by atoms with Gasteiger partial charge in [0.25, 0.3) is 5.91 Å². The first kappa shape index (κ1) is 30.3.